The summed E-state index contributed by atoms with van der Waals surface area (Å²) < 4.78 is 47.9. The second-order valence-corrected chi connectivity index (χ2v) is 9.10. The third kappa shape index (κ3) is 5.71. The van der Waals surface area contributed by atoms with Crippen LogP contribution in [0.25, 0.3) is 10.9 Å². The van der Waals surface area contributed by atoms with Crippen LogP contribution in [-0.4, -0.2) is 47.2 Å². The number of nitrogens with zero attached hydrogens (tertiary/aromatic N) is 2. The van der Waals surface area contributed by atoms with E-state index in [1.807, 2.05) is 18.2 Å². The van der Waals surface area contributed by atoms with E-state index in [1.54, 1.807) is 28.8 Å². The molecule has 4 nitrogen and oxygen atoms in total. The number of likely N-dealkylation sites (tertiary alicyclic amines) is 1. The van der Waals surface area contributed by atoms with Gasteiger partial charge in [-0.15, -0.1) is 0 Å². The van der Waals surface area contributed by atoms with Crippen LogP contribution in [0, 0.1) is 0 Å². The number of Topliss-reactive ketones (excluding diaryl/α,β-unsaturated/α-hetero) is 1. The first-order chi connectivity index (χ1) is 15.9. The molecule has 4 rings (SSSR count). The van der Waals surface area contributed by atoms with Crippen LogP contribution < -0.4 is 4.74 Å². The molecule has 0 amide bonds. The molecule has 0 atom stereocenters. The van der Waals surface area contributed by atoms with Crippen LogP contribution >= 0.6 is 22.6 Å². The average molecular weight is 570 g/mol. The lowest BCUT2D eigenvalue weighted by Gasteiger charge is -2.32. The predicted molar refractivity (Wildman–Crippen MR) is 131 cm³/mol. The zero-order chi connectivity index (χ0) is 23.4. The molecular weight excluding hydrogens is 544 g/mol. The molecule has 3 aromatic rings. The molecule has 0 radical (unpaired) electrons. The zero-order valence-corrected chi connectivity index (χ0v) is 20.3. The number of benzene rings is 2. The maximum Gasteiger partial charge on any atom is 0.454 e. The molecule has 0 aliphatic carbocycles. The van der Waals surface area contributed by atoms with E-state index in [2.05, 4.69) is 33.6 Å². The number of para-hydroxylation sites is 2. The molecule has 0 N–H and O–H groups in total. The minimum Gasteiger partial charge on any atom is -0.490 e. The minimum atomic E-state index is -4.88. The number of alkyl halides is 4. The van der Waals surface area contributed by atoms with Crippen molar-refractivity contribution in [1.82, 2.24) is 9.47 Å². The van der Waals surface area contributed by atoms with Crippen LogP contribution in [0.4, 0.5) is 13.2 Å². The topological polar surface area (TPSA) is 34.5 Å². The van der Waals surface area contributed by atoms with Crippen molar-refractivity contribution in [1.29, 1.82) is 0 Å². The Balaban J connectivity index is 1.31. The Hall–Kier alpha value is -2.07. The zero-order valence-electron chi connectivity index (χ0n) is 18.2. The van der Waals surface area contributed by atoms with E-state index in [0.29, 0.717) is 17.4 Å². The van der Waals surface area contributed by atoms with E-state index in [4.69, 9.17) is 4.74 Å². The van der Waals surface area contributed by atoms with E-state index in [1.165, 1.54) is 11.8 Å². The lowest BCUT2D eigenvalue weighted by atomic mass is 10.1. The largest absolute Gasteiger partial charge is 0.490 e. The van der Waals surface area contributed by atoms with Crippen LogP contribution in [0.15, 0.2) is 54.7 Å². The first-order valence-corrected chi connectivity index (χ1v) is 12.6. The van der Waals surface area contributed by atoms with Gasteiger partial charge in [-0.1, -0.05) is 59.0 Å². The number of piperidine rings is 1. The molecule has 33 heavy (non-hydrogen) atoms. The lowest BCUT2D eigenvalue weighted by Crippen LogP contribution is -2.39. The van der Waals surface area contributed by atoms with E-state index in [9.17, 15) is 18.0 Å². The third-order valence-corrected chi connectivity index (χ3v) is 6.93. The molecule has 1 aromatic heterocycles. The van der Waals surface area contributed by atoms with Crippen LogP contribution in [0.2, 0.25) is 0 Å². The van der Waals surface area contributed by atoms with Crippen LogP contribution in [0.1, 0.15) is 35.2 Å². The fourth-order valence-corrected chi connectivity index (χ4v) is 5.02. The number of aryl methyl sites for hydroxylation is 1. The summed E-state index contributed by atoms with van der Waals surface area (Å²) in [6.07, 6.45) is -0.626. The van der Waals surface area contributed by atoms with Crippen LogP contribution in [0.3, 0.4) is 0 Å². The third-order valence-electron chi connectivity index (χ3n) is 6.11. The van der Waals surface area contributed by atoms with Crippen molar-refractivity contribution in [3.63, 3.8) is 0 Å². The number of ketones is 1. The summed E-state index contributed by atoms with van der Waals surface area (Å²) >= 11 is 2.35. The van der Waals surface area contributed by atoms with Crippen molar-refractivity contribution in [3.05, 3.63) is 65.9 Å². The first-order valence-electron chi connectivity index (χ1n) is 11.1. The Kier molecular flexibility index (Phi) is 7.63. The quantitative estimate of drug-likeness (QED) is 0.182. The van der Waals surface area contributed by atoms with E-state index >= 15 is 0 Å². The van der Waals surface area contributed by atoms with E-state index in [-0.39, 0.29) is 11.7 Å². The maximum atomic E-state index is 13.0. The van der Waals surface area contributed by atoms with Crippen molar-refractivity contribution >= 4 is 39.3 Å². The minimum absolute atomic E-state index is 0.203. The Bertz CT molecular complexity index is 1100. The average Bonchev–Trinajstić information content (AvgIpc) is 3.18. The number of halogens is 4. The van der Waals surface area contributed by atoms with Gasteiger partial charge in [-0.25, -0.2) is 0 Å². The Morgan fingerprint density at radius 2 is 1.73 bits per heavy atom. The normalized spacial score (nSPS) is 15.8. The summed E-state index contributed by atoms with van der Waals surface area (Å²) in [7, 11) is 0. The maximum absolute atomic E-state index is 13.0. The molecular formula is C25H26F3IN2O2. The molecule has 1 saturated heterocycles. The Morgan fingerprint density at radius 3 is 2.45 bits per heavy atom. The molecule has 2 aromatic carbocycles. The van der Waals surface area contributed by atoms with Crippen LogP contribution in [0.5, 0.6) is 5.75 Å². The fraction of sp³-hybridized carbons (Fsp3) is 0.400. The molecule has 1 aliphatic rings. The summed E-state index contributed by atoms with van der Waals surface area (Å²) in [5.74, 6) is -0.822. The number of fused-ring (bicyclic) bond motifs is 1. The molecule has 0 spiro atoms. The van der Waals surface area contributed by atoms with Crippen molar-refractivity contribution < 1.29 is 22.7 Å². The fourth-order valence-electron chi connectivity index (χ4n) is 4.39. The monoisotopic (exact) mass is 570 g/mol. The van der Waals surface area contributed by atoms with Crippen molar-refractivity contribution in [2.45, 2.75) is 42.5 Å². The SMILES string of the molecule is O=C(c1cn(CCCN2CCC(Oc3ccccc3CI)CC2)c2ccccc12)C(F)(F)F. The van der Waals surface area contributed by atoms with Crippen molar-refractivity contribution in [3.8, 4) is 5.75 Å². The van der Waals surface area contributed by atoms with Gasteiger partial charge in [-0.05, 0) is 37.9 Å². The van der Waals surface area contributed by atoms with E-state index in [0.717, 1.165) is 49.1 Å². The molecule has 176 valence electrons. The van der Waals surface area contributed by atoms with Gasteiger partial charge in [-0.3, -0.25) is 4.79 Å². The van der Waals surface area contributed by atoms with Gasteiger partial charge in [0.05, 0.1) is 5.56 Å². The van der Waals surface area contributed by atoms with Gasteiger partial charge in [-0.2, -0.15) is 13.2 Å². The van der Waals surface area contributed by atoms with E-state index < -0.39 is 12.0 Å². The van der Waals surface area contributed by atoms with Gasteiger partial charge in [0.25, 0.3) is 5.78 Å². The lowest BCUT2D eigenvalue weighted by molar-refractivity contribution is -0.0884. The van der Waals surface area contributed by atoms with Crippen molar-refractivity contribution in [2.75, 3.05) is 19.6 Å². The number of hydrogen-bond donors (Lipinski definition) is 0. The predicted octanol–water partition coefficient (Wildman–Crippen LogP) is 6.25. The standard InChI is InChI=1S/C25H26F3IN2O2/c26-25(27,28)24(32)21-17-31(22-8-3-2-7-20(21)22)13-5-12-30-14-10-19(11-15-30)33-23-9-4-1-6-18(23)16-29/h1-4,6-9,17,19H,5,10-16H2. The van der Waals surface area contributed by atoms with Crippen molar-refractivity contribution in [2.24, 2.45) is 0 Å². The number of hydrogen-bond acceptors (Lipinski definition) is 3. The van der Waals surface area contributed by atoms with Gasteiger partial charge in [0.2, 0.25) is 0 Å². The molecule has 0 saturated carbocycles. The van der Waals surface area contributed by atoms with Gasteiger partial charge in [0.15, 0.2) is 0 Å². The van der Waals surface area contributed by atoms with Gasteiger partial charge in [0, 0.05) is 46.7 Å². The highest BCUT2D eigenvalue weighted by Gasteiger charge is 2.40. The summed E-state index contributed by atoms with van der Waals surface area (Å²) in [6, 6.07) is 14.9. The summed E-state index contributed by atoms with van der Waals surface area (Å²) in [5.41, 5.74) is 1.59. The summed E-state index contributed by atoms with van der Waals surface area (Å²) in [5, 5.41) is 0.351. The molecule has 2 heterocycles. The van der Waals surface area contributed by atoms with Gasteiger partial charge in [0.1, 0.15) is 11.9 Å². The van der Waals surface area contributed by atoms with Crippen LogP contribution in [-0.2, 0) is 11.0 Å². The number of rotatable bonds is 8. The molecule has 8 heteroatoms. The summed E-state index contributed by atoms with van der Waals surface area (Å²) in [6.45, 7) is 3.28. The second kappa shape index (κ2) is 10.5. The highest BCUT2D eigenvalue weighted by Crippen LogP contribution is 2.29. The first kappa shape index (κ1) is 24.1. The van der Waals surface area contributed by atoms with Gasteiger partial charge < -0.3 is 14.2 Å². The number of ether oxygens (including phenoxy) is 1. The molecule has 0 unspecified atom stereocenters. The highest BCUT2D eigenvalue weighted by atomic mass is 127. The molecule has 1 aliphatic heterocycles. The summed E-state index contributed by atoms with van der Waals surface area (Å²) in [4.78, 5) is 14.2. The second-order valence-electron chi connectivity index (χ2n) is 8.33. The number of aromatic nitrogens is 1. The highest BCUT2D eigenvalue weighted by molar-refractivity contribution is 14.1. The number of carbonyl (C=O) groups excluding carboxylic acids is 1. The Morgan fingerprint density at radius 1 is 1.03 bits per heavy atom. The molecule has 0 bridgehead atoms. The smallest absolute Gasteiger partial charge is 0.454 e. The Labute approximate surface area is 204 Å². The van der Waals surface area contributed by atoms with Gasteiger partial charge >= 0.3 is 6.18 Å². The molecule has 1 fully saturated rings. The number of carbonyl (C=O) groups is 1.